The highest BCUT2D eigenvalue weighted by Crippen LogP contribution is 2.38. The molecule has 2 unspecified atom stereocenters. The summed E-state index contributed by atoms with van der Waals surface area (Å²) >= 11 is 0. The van der Waals surface area contributed by atoms with Crippen molar-refractivity contribution >= 4 is 11.6 Å². The van der Waals surface area contributed by atoms with E-state index in [4.69, 9.17) is 0 Å². The van der Waals surface area contributed by atoms with Crippen LogP contribution in [0.3, 0.4) is 0 Å². The summed E-state index contributed by atoms with van der Waals surface area (Å²) in [7, 11) is 0. The van der Waals surface area contributed by atoms with Gasteiger partial charge in [0.25, 0.3) is 0 Å². The molecule has 1 saturated heterocycles. The number of fused-ring (bicyclic) bond motifs is 1. The molecule has 4 nitrogen and oxygen atoms in total. The average Bonchev–Trinajstić information content (AvgIpc) is 2.50. The highest BCUT2D eigenvalue weighted by Gasteiger charge is 2.44. The van der Waals surface area contributed by atoms with Gasteiger partial charge in [-0.05, 0) is 38.8 Å². The lowest BCUT2D eigenvalue weighted by atomic mass is 9.69. The number of likely N-dealkylation sites (tertiary alicyclic amines) is 1. The number of ketones is 2. The SMILES string of the molecule is O=C1C(O)=C(CN2CCCCC2)C(=O)C2CCCCC12. The number of carbonyl (C=O) groups excluding carboxylic acids is 2. The zero-order valence-corrected chi connectivity index (χ0v) is 11.9. The van der Waals surface area contributed by atoms with E-state index in [1.54, 1.807) is 0 Å². The Kier molecular flexibility index (Phi) is 3.92. The number of rotatable bonds is 2. The van der Waals surface area contributed by atoms with Crippen molar-refractivity contribution in [3.63, 3.8) is 0 Å². The normalized spacial score (nSPS) is 32.4. The van der Waals surface area contributed by atoms with Crippen molar-refractivity contribution in [1.29, 1.82) is 0 Å². The Hall–Kier alpha value is -1.16. The molecule has 0 amide bonds. The number of hydrogen-bond donors (Lipinski definition) is 1. The Bertz CT molecular complexity index is 449. The van der Waals surface area contributed by atoms with Crippen molar-refractivity contribution in [3.8, 4) is 0 Å². The minimum absolute atomic E-state index is 0.0392. The molecule has 0 radical (unpaired) electrons. The second-order valence-electron chi connectivity index (χ2n) is 6.39. The first-order valence-corrected chi connectivity index (χ1v) is 7.91. The van der Waals surface area contributed by atoms with E-state index in [-0.39, 0.29) is 29.2 Å². The molecule has 3 aliphatic rings. The molecule has 3 rings (SSSR count). The van der Waals surface area contributed by atoms with Gasteiger partial charge in [0.15, 0.2) is 11.5 Å². The van der Waals surface area contributed by atoms with Gasteiger partial charge >= 0.3 is 0 Å². The van der Waals surface area contributed by atoms with Gasteiger partial charge in [0.1, 0.15) is 0 Å². The number of aliphatic hydroxyl groups is 1. The van der Waals surface area contributed by atoms with E-state index in [1.165, 1.54) is 6.42 Å². The van der Waals surface area contributed by atoms with E-state index < -0.39 is 0 Å². The van der Waals surface area contributed by atoms with Gasteiger partial charge in [-0.3, -0.25) is 14.5 Å². The fourth-order valence-electron chi connectivity index (χ4n) is 3.92. The topological polar surface area (TPSA) is 57.6 Å². The van der Waals surface area contributed by atoms with Crippen molar-refractivity contribution < 1.29 is 14.7 Å². The standard InChI is InChI=1S/C16H23NO3/c18-14-11-6-2-3-7-12(11)15(19)16(20)13(14)10-17-8-4-1-5-9-17/h11-12,20H,1-10H2. The van der Waals surface area contributed by atoms with Crippen LogP contribution in [0.25, 0.3) is 0 Å². The van der Waals surface area contributed by atoms with Gasteiger partial charge in [0.2, 0.25) is 5.78 Å². The Labute approximate surface area is 119 Å². The first-order valence-electron chi connectivity index (χ1n) is 7.91. The fourth-order valence-corrected chi connectivity index (χ4v) is 3.92. The molecule has 0 aromatic carbocycles. The van der Waals surface area contributed by atoms with Crippen LogP contribution < -0.4 is 0 Å². The molecule has 0 spiro atoms. The van der Waals surface area contributed by atoms with Crippen molar-refractivity contribution in [2.75, 3.05) is 19.6 Å². The molecule has 1 N–H and O–H groups in total. The van der Waals surface area contributed by atoms with E-state index in [9.17, 15) is 14.7 Å². The van der Waals surface area contributed by atoms with Crippen LogP contribution in [0.5, 0.6) is 0 Å². The third kappa shape index (κ3) is 2.41. The third-order valence-electron chi connectivity index (χ3n) is 5.09. The second-order valence-corrected chi connectivity index (χ2v) is 6.39. The molecular weight excluding hydrogens is 254 g/mol. The molecule has 1 aliphatic heterocycles. The van der Waals surface area contributed by atoms with Gasteiger partial charge in [0.05, 0.1) is 5.57 Å². The summed E-state index contributed by atoms with van der Waals surface area (Å²) in [5.74, 6) is -0.782. The van der Waals surface area contributed by atoms with Crippen molar-refractivity contribution in [2.45, 2.75) is 44.9 Å². The molecule has 0 aromatic heterocycles. The van der Waals surface area contributed by atoms with Gasteiger partial charge in [-0.15, -0.1) is 0 Å². The average molecular weight is 277 g/mol. The van der Waals surface area contributed by atoms with Crippen LogP contribution in [0.2, 0.25) is 0 Å². The van der Waals surface area contributed by atoms with Gasteiger partial charge < -0.3 is 5.11 Å². The summed E-state index contributed by atoms with van der Waals surface area (Å²) in [6, 6.07) is 0. The van der Waals surface area contributed by atoms with Crippen LogP contribution in [0.4, 0.5) is 0 Å². The second kappa shape index (κ2) is 5.68. The summed E-state index contributed by atoms with van der Waals surface area (Å²) in [6.07, 6.45) is 7.11. The maximum atomic E-state index is 12.6. The van der Waals surface area contributed by atoms with E-state index in [0.29, 0.717) is 12.1 Å². The summed E-state index contributed by atoms with van der Waals surface area (Å²) in [5.41, 5.74) is 0.389. The van der Waals surface area contributed by atoms with Crippen LogP contribution in [0, 0.1) is 11.8 Å². The lowest BCUT2D eigenvalue weighted by Gasteiger charge is -2.35. The van der Waals surface area contributed by atoms with Crippen molar-refractivity contribution in [2.24, 2.45) is 11.8 Å². The smallest absolute Gasteiger partial charge is 0.201 e. The number of nitrogens with zero attached hydrogens (tertiary/aromatic N) is 1. The summed E-state index contributed by atoms with van der Waals surface area (Å²) in [6.45, 7) is 2.39. The molecule has 1 saturated carbocycles. The Morgan fingerprint density at radius 3 is 2.15 bits per heavy atom. The summed E-state index contributed by atoms with van der Waals surface area (Å²) in [4.78, 5) is 27.1. The molecule has 2 fully saturated rings. The fraction of sp³-hybridized carbons (Fsp3) is 0.750. The molecule has 2 aliphatic carbocycles. The number of aliphatic hydroxyl groups excluding tert-OH is 1. The predicted octanol–water partition coefficient (Wildman–Crippen LogP) is 2.24. The van der Waals surface area contributed by atoms with Gasteiger partial charge in [0, 0.05) is 18.4 Å². The minimum Gasteiger partial charge on any atom is -0.504 e. The molecule has 0 bridgehead atoms. The molecular formula is C16H23NO3. The molecule has 0 aromatic rings. The largest absolute Gasteiger partial charge is 0.504 e. The number of Topliss-reactive ketones (excluding diaryl/α,β-unsaturated/α-hetero) is 2. The third-order valence-corrected chi connectivity index (χ3v) is 5.09. The number of piperidine rings is 1. The number of carbonyl (C=O) groups is 2. The van der Waals surface area contributed by atoms with Gasteiger partial charge in [-0.2, -0.15) is 0 Å². The van der Waals surface area contributed by atoms with Crippen LogP contribution >= 0.6 is 0 Å². The Balaban J connectivity index is 1.81. The first kappa shape index (κ1) is 13.8. The highest BCUT2D eigenvalue weighted by atomic mass is 16.3. The molecule has 1 heterocycles. The summed E-state index contributed by atoms with van der Waals surface area (Å²) in [5, 5.41) is 10.2. The molecule has 20 heavy (non-hydrogen) atoms. The van der Waals surface area contributed by atoms with E-state index in [1.807, 2.05) is 0 Å². The predicted molar refractivity (Wildman–Crippen MR) is 75.4 cm³/mol. The Morgan fingerprint density at radius 1 is 0.900 bits per heavy atom. The molecule has 2 atom stereocenters. The highest BCUT2D eigenvalue weighted by molar-refractivity contribution is 6.12. The summed E-state index contributed by atoms with van der Waals surface area (Å²) < 4.78 is 0. The van der Waals surface area contributed by atoms with Crippen molar-refractivity contribution in [1.82, 2.24) is 4.90 Å². The maximum Gasteiger partial charge on any atom is 0.201 e. The lowest BCUT2D eigenvalue weighted by molar-refractivity contribution is -0.134. The van der Waals surface area contributed by atoms with Crippen molar-refractivity contribution in [3.05, 3.63) is 11.3 Å². The molecule has 4 heteroatoms. The quantitative estimate of drug-likeness (QED) is 0.841. The van der Waals surface area contributed by atoms with Crippen LogP contribution in [-0.4, -0.2) is 41.2 Å². The van der Waals surface area contributed by atoms with Crippen LogP contribution in [0.1, 0.15) is 44.9 Å². The monoisotopic (exact) mass is 277 g/mol. The van der Waals surface area contributed by atoms with Gasteiger partial charge in [-0.1, -0.05) is 19.3 Å². The first-order chi connectivity index (χ1) is 9.68. The van der Waals surface area contributed by atoms with E-state index in [0.717, 1.165) is 51.6 Å². The van der Waals surface area contributed by atoms with Crippen LogP contribution in [-0.2, 0) is 9.59 Å². The Morgan fingerprint density at radius 2 is 1.50 bits per heavy atom. The lowest BCUT2D eigenvalue weighted by Crippen LogP contribution is -2.43. The zero-order chi connectivity index (χ0) is 14.1. The molecule has 110 valence electrons. The maximum absolute atomic E-state index is 12.6. The van der Waals surface area contributed by atoms with E-state index >= 15 is 0 Å². The zero-order valence-electron chi connectivity index (χ0n) is 11.9. The van der Waals surface area contributed by atoms with Gasteiger partial charge in [-0.25, -0.2) is 0 Å². The van der Waals surface area contributed by atoms with E-state index in [2.05, 4.69) is 4.90 Å². The minimum atomic E-state index is -0.249. The van der Waals surface area contributed by atoms with Crippen LogP contribution in [0.15, 0.2) is 11.3 Å². The number of hydrogen-bond acceptors (Lipinski definition) is 4. The number of allylic oxidation sites excluding steroid dienone is 1.